The number of hydrogen-bond acceptors (Lipinski definition) is 2. The summed E-state index contributed by atoms with van der Waals surface area (Å²) in [4.78, 5) is 2.09. The molecule has 1 spiro atoms. The van der Waals surface area contributed by atoms with E-state index in [-0.39, 0.29) is 23.5 Å². The van der Waals surface area contributed by atoms with Crippen LogP contribution in [0.5, 0.6) is 0 Å². The van der Waals surface area contributed by atoms with Crippen LogP contribution in [-0.2, 0) is 0 Å². The van der Waals surface area contributed by atoms with Crippen LogP contribution in [0, 0.1) is 5.41 Å². The van der Waals surface area contributed by atoms with Crippen LogP contribution < -0.4 is 5.32 Å². The van der Waals surface area contributed by atoms with Gasteiger partial charge < -0.3 is 5.32 Å². The fourth-order valence-electron chi connectivity index (χ4n) is 3.74. The average molecular weight is 292 g/mol. The lowest BCUT2D eigenvalue weighted by Crippen LogP contribution is -2.66. The van der Waals surface area contributed by atoms with Gasteiger partial charge in [-0.15, -0.1) is 0 Å². The van der Waals surface area contributed by atoms with Crippen molar-refractivity contribution in [3.63, 3.8) is 0 Å². The Bertz CT molecular complexity index is 327. The summed E-state index contributed by atoms with van der Waals surface area (Å²) in [6, 6.07) is 0.177. The Morgan fingerprint density at radius 3 is 2.25 bits per heavy atom. The number of rotatable bonds is 2. The van der Waals surface area contributed by atoms with Crippen molar-refractivity contribution in [2.75, 3.05) is 19.6 Å². The lowest BCUT2D eigenvalue weighted by Gasteiger charge is -2.51. The highest BCUT2D eigenvalue weighted by atomic mass is 19.4. The van der Waals surface area contributed by atoms with Gasteiger partial charge in [0.05, 0.1) is 6.42 Å². The van der Waals surface area contributed by atoms with Gasteiger partial charge in [0.1, 0.15) is 0 Å². The van der Waals surface area contributed by atoms with Crippen molar-refractivity contribution in [2.45, 2.75) is 70.6 Å². The number of halogens is 3. The summed E-state index contributed by atoms with van der Waals surface area (Å²) in [5, 5.41) is 3.66. The van der Waals surface area contributed by atoms with E-state index in [2.05, 4.69) is 31.0 Å². The van der Waals surface area contributed by atoms with E-state index in [4.69, 9.17) is 0 Å². The van der Waals surface area contributed by atoms with Crippen molar-refractivity contribution < 1.29 is 13.2 Å². The van der Waals surface area contributed by atoms with Crippen LogP contribution in [-0.4, -0.2) is 42.3 Å². The van der Waals surface area contributed by atoms with Crippen molar-refractivity contribution >= 4 is 0 Å². The molecular weight excluding hydrogens is 265 g/mol. The summed E-state index contributed by atoms with van der Waals surface area (Å²) >= 11 is 0. The number of hydrogen-bond donors (Lipinski definition) is 1. The first-order chi connectivity index (χ1) is 9.11. The highest BCUT2D eigenvalue weighted by molar-refractivity contribution is 5.03. The molecule has 1 aliphatic heterocycles. The van der Waals surface area contributed by atoms with Gasteiger partial charge in [0, 0.05) is 31.2 Å². The summed E-state index contributed by atoms with van der Waals surface area (Å²) < 4.78 is 37.7. The minimum Gasteiger partial charge on any atom is -0.308 e. The van der Waals surface area contributed by atoms with E-state index >= 15 is 0 Å². The molecule has 0 aromatic heterocycles. The van der Waals surface area contributed by atoms with Gasteiger partial charge in [0.15, 0.2) is 0 Å². The molecule has 1 atom stereocenters. The Labute approximate surface area is 120 Å². The molecule has 2 rings (SSSR count). The molecular formula is C15H27F3N2. The minimum atomic E-state index is -4.06. The molecule has 0 aromatic carbocycles. The highest BCUT2D eigenvalue weighted by Crippen LogP contribution is 2.37. The monoisotopic (exact) mass is 292 g/mol. The zero-order chi connectivity index (χ0) is 15.0. The third-order valence-corrected chi connectivity index (χ3v) is 4.86. The smallest absolute Gasteiger partial charge is 0.308 e. The highest BCUT2D eigenvalue weighted by Gasteiger charge is 2.44. The summed E-state index contributed by atoms with van der Waals surface area (Å²) in [5.74, 6) is 0. The second-order valence-corrected chi connectivity index (χ2v) is 7.59. The predicted octanol–water partition coefficient (Wildman–Crippen LogP) is 3.57. The van der Waals surface area contributed by atoms with Crippen LogP contribution in [0.4, 0.5) is 13.2 Å². The largest absolute Gasteiger partial charge is 0.390 e. The van der Waals surface area contributed by atoms with Crippen LogP contribution in [0.15, 0.2) is 0 Å². The SMILES string of the molecule is CC(C)(C)C1CNC2(CCCC2)CN1CCC(F)(F)F. The lowest BCUT2D eigenvalue weighted by molar-refractivity contribution is -0.142. The first kappa shape index (κ1) is 16.1. The van der Waals surface area contributed by atoms with Gasteiger partial charge in [0.2, 0.25) is 0 Å². The quantitative estimate of drug-likeness (QED) is 0.837. The Kier molecular flexibility index (Phi) is 4.41. The molecule has 1 heterocycles. The van der Waals surface area contributed by atoms with Crippen molar-refractivity contribution in [3.05, 3.63) is 0 Å². The molecule has 20 heavy (non-hydrogen) atoms. The van der Waals surface area contributed by atoms with Crippen LogP contribution in [0.25, 0.3) is 0 Å². The Morgan fingerprint density at radius 2 is 1.75 bits per heavy atom. The standard InChI is InChI=1S/C15H27F3N2/c1-13(2,3)12-10-19-14(6-4-5-7-14)11-20(12)9-8-15(16,17)18/h12,19H,4-11H2,1-3H3. The summed E-state index contributed by atoms with van der Waals surface area (Å²) in [5.41, 5.74) is 0.0756. The topological polar surface area (TPSA) is 15.3 Å². The molecule has 0 radical (unpaired) electrons. The number of nitrogens with one attached hydrogen (secondary N) is 1. The molecule has 0 aromatic rings. The van der Waals surface area contributed by atoms with Crippen molar-refractivity contribution in [1.82, 2.24) is 10.2 Å². The summed E-state index contributed by atoms with van der Waals surface area (Å²) in [6.45, 7) is 8.06. The lowest BCUT2D eigenvalue weighted by atomic mass is 9.81. The van der Waals surface area contributed by atoms with Gasteiger partial charge in [-0.3, -0.25) is 4.90 Å². The zero-order valence-electron chi connectivity index (χ0n) is 12.8. The number of alkyl halides is 3. The van der Waals surface area contributed by atoms with Gasteiger partial charge in [-0.05, 0) is 18.3 Å². The molecule has 1 aliphatic carbocycles. The molecule has 1 saturated heterocycles. The normalized spacial score (nSPS) is 28.2. The summed E-state index contributed by atoms with van der Waals surface area (Å²) in [7, 11) is 0. The molecule has 1 N–H and O–H groups in total. The average Bonchev–Trinajstić information content (AvgIpc) is 2.72. The molecule has 5 heteroatoms. The molecule has 0 bridgehead atoms. The Balaban J connectivity index is 2.06. The van der Waals surface area contributed by atoms with E-state index in [1.165, 1.54) is 12.8 Å². The second-order valence-electron chi connectivity index (χ2n) is 7.59. The van der Waals surface area contributed by atoms with Crippen LogP contribution >= 0.6 is 0 Å². The fraction of sp³-hybridized carbons (Fsp3) is 1.00. The van der Waals surface area contributed by atoms with Gasteiger partial charge in [-0.1, -0.05) is 33.6 Å². The van der Waals surface area contributed by atoms with Crippen LogP contribution in [0.2, 0.25) is 0 Å². The van der Waals surface area contributed by atoms with E-state index in [1.807, 2.05) is 0 Å². The Hall–Kier alpha value is -0.290. The first-order valence-electron chi connectivity index (χ1n) is 7.67. The maximum atomic E-state index is 12.6. The van der Waals surface area contributed by atoms with Gasteiger partial charge in [-0.2, -0.15) is 13.2 Å². The Morgan fingerprint density at radius 1 is 1.15 bits per heavy atom. The molecule has 1 saturated carbocycles. The zero-order valence-corrected chi connectivity index (χ0v) is 12.8. The molecule has 118 valence electrons. The van der Waals surface area contributed by atoms with Crippen LogP contribution in [0.3, 0.4) is 0 Å². The molecule has 2 nitrogen and oxygen atoms in total. The van der Waals surface area contributed by atoms with Crippen LogP contribution in [0.1, 0.15) is 52.9 Å². The fourth-order valence-corrected chi connectivity index (χ4v) is 3.74. The molecule has 1 unspecified atom stereocenters. The third-order valence-electron chi connectivity index (χ3n) is 4.86. The van der Waals surface area contributed by atoms with Crippen molar-refractivity contribution in [1.29, 1.82) is 0 Å². The van der Waals surface area contributed by atoms with Crippen molar-refractivity contribution in [3.8, 4) is 0 Å². The molecule has 2 aliphatic rings. The van der Waals surface area contributed by atoms with Gasteiger partial charge in [0.25, 0.3) is 0 Å². The molecule has 2 fully saturated rings. The van der Waals surface area contributed by atoms with E-state index < -0.39 is 12.6 Å². The van der Waals surface area contributed by atoms with E-state index in [9.17, 15) is 13.2 Å². The van der Waals surface area contributed by atoms with Gasteiger partial charge >= 0.3 is 6.18 Å². The molecule has 0 amide bonds. The first-order valence-corrected chi connectivity index (χ1v) is 7.67. The van der Waals surface area contributed by atoms with Gasteiger partial charge in [-0.25, -0.2) is 0 Å². The second kappa shape index (κ2) is 5.48. The third kappa shape index (κ3) is 3.88. The minimum absolute atomic E-state index is 0.00118. The van der Waals surface area contributed by atoms with E-state index in [0.717, 1.165) is 25.9 Å². The van der Waals surface area contributed by atoms with Crippen molar-refractivity contribution in [2.24, 2.45) is 5.41 Å². The van der Waals surface area contributed by atoms with E-state index in [1.54, 1.807) is 0 Å². The van der Waals surface area contributed by atoms with E-state index in [0.29, 0.717) is 0 Å². The summed E-state index contributed by atoms with van der Waals surface area (Å²) in [6.07, 6.45) is -0.162. The maximum absolute atomic E-state index is 12.6. The maximum Gasteiger partial charge on any atom is 0.390 e. The predicted molar refractivity (Wildman–Crippen MR) is 74.7 cm³/mol. The number of piperazine rings is 1. The number of nitrogens with zero attached hydrogens (tertiary/aromatic N) is 1.